The van der Waals surface area contributed by atoms with Gasteiger partial charge in [0.1, 0.15) is 0 Å². The second-order valence-corrected chi connectivity index (χ2v) is 8.47. The second kappa shape index (κ2) is 12.6. The van der Waals surface area contributed by atoms with Crippen molar-refractivity contribution in [2.75, 3.05) is 13.2 Å². The number of hydrogen-bond donors (Lipinski definition) is 4. The molecule has 0 saturated carbocycles. The van der Waals surface area contributed by atoms with Crippen LogP contribution in [0.4, 0.5) is 0 Å². The van der Waals surface area contributed by atoms with Crippen molar-refractivity contribution in [2.45, 2.75) is 83.2 Å². The van der Waals surface area contributed by atoms with E-state index in [2.05, 4.69) is 21.8 Å². The lowest BCUT2D eigenvalue weighted by atomic mass is 9.96. The SMILES string of the molecule is CCCCCCCCCCn1cc(CCC(N)(CO)COP(=O)(O)O)nn1. The summed E-state index contributed by atoms with van der Waals surface area (Å²) in [6.07, 6.45) is 12.6. The Bertz CT molecular complexity index is 565. The quantitative estimate of drug-likeness (QED) is 0.241. The van der Waals surface area contributed by atoms with Crippen LogP contribution in [-0.2, 0) is 22.1 Å². The standard InChI is InChI=1S/C17H35N4O5P/c1-2-3-4-5-6-7-8-9-12-21-13-16(19-20-21)10-11-17(18,14-22)15-26-27(23,24)25/h13,22H,2-12,14-15,18H2,1H3,(H2,23,24,25). The zero-order chi connectivity index (χ0) is 20.2. The van der Waals surface area contributed by atoms with Crippen LogP contribution in [0.15, 0.2) is 6.20 Å². The number of aliphatic hydroxyl groups is 1. The molecule has 5 N–H and O–H groups in total. The predicted molar refractivity (Wildman–Crippen MR) is 103 cm³/mol. The Morgan fingerprint density at radius 1 is 1.19 bits per heavy atom. The van der Waals surface area contributed by atoms with Gasteiger partial charge in [0, 0.05) is 12.7 Å². The van der Waals surface area contributed by atoms with E-state index in [4.69, 9.17) is 15.5 Å². The van der Waals surface area contributed by atoms with Crippen molar-refractivity contribution in [3.05, 3.63) is 11.9 Å². The zero-order valence-electron chi connectivity index (χ0n) is 16.3. The van der Waals surface area contributed by atoms with Gasteiger partial charge in [0.25, 0.3) is 0 Å². The summed E-state index contributed by atoms with van der Waals surface area (Å²) in [4.78, 5) is 17.5. The lowest BCUT2D eigenvalue weighted by Gasteiger charge is -2.26. The molecule has 0 aromatic carbocycles. The minimum Gasteiger partial charge on any atom is -0.394 e. The largest absolute Gasteiger partial charge is 0.469 e. The van der Waals surface area contributed by atoms with Crippen LogP contribution >= 0.6 is 7.82 Å². The molecule has 0 fully saturated rings. The Hall–Kier alpha value is -0.830. The third-order valence-corrected chi connectivity index (χ3v) is 5.01. The number of nitrogens with zero attached hydrogens (tertiary/aromatic N) is 3. The third-order valence-electron chi connectivity index (χ3n) is 4.54. The maximum absolute atomic E-state index is 10.8. The molecule has 0 spiro atoms. The lowest BCUT2D eigenvalue weighted by Crippen LogP contribution is -2.48. The molecular weight excluding hydrogens is 371 g/mol. The molecule has 1 atom stereocenters. The van der Waals surface area contributed by atoms with Gasteiger partial charge >= 0.3 is 7.82 Å². The van der Waals surface area contributed by atoms with Crippen LogP contribution < -0.4 is 5.73 Å². The van der Waals surface area contributed by atoms with Crippen LogP contribution in [0.25, 0.3) is 0 Å². The molecule has 0 bridgehead atoms. The Labute approximate surface area is 161 Å². The molecule has 0 aliphatic rings. The molecule has 9 nitrogen and oxygen atoms in total. The topological polar surface area (TPSA) is 144 Å². The zero-order valence-corrected chi connectivity index (χ0v) is 17.2. The number of nitrogens with two attached hydrogens (primary N) is 1. The number of hydrogen-bond acceptors (Lipinski definition) is 6. The summed E-state index contributed by atoms with van der Waals surface area (Å²) in [5.41, 5.74) is 5.44. The molecule has 0 aliphatic carbocycles. The van der Waals surface area contributed by atoms with Gasteiger partial charge in [-0.05, 0) is 19.3 Å². The van der Waals surface area contributed by atoms with E-state index in [9.17, 15) is 9.67 Å². The molecule has 1 heterocycles. The Balaban J connectivity index is 2.26. The van der Waals surface area contributed by atoms with E-state index in [1.165, 1.54) is 44.9 Å². The lowest BCUT2D eigenvalue weighted by molar-refractivity contribution is 0.102. The van der Waals surface area contributed by atoms with Crippen LogP contribution in [0, 0.1) is 0 Å². The molecule has 0 amide bonds. The second-order valence-electron chi connectivity index (χ2n) is 7.23. The van der Waals surface area contributed by atoms with Gasteiger partial charge in [-0.3, -0.25) is 9.21 Å². The number of unbranched alkanes of at least 4 members (excludes halogenated alkanes) is 7. The van der Waals surface area contributed by atoms with Crippen molar-refractivity contribution in [3.63, 3.8) is 0 Å². The van der Waals surface area contributed by atoms with Crippen molar-refractivity contribution in [2.24, 2.45) is 5.73 Å². The van der Waals surface area contributed by atoms with Crippen LogP contribution in [0.3, 0.4) is 0 Å². The molecule has 1 aromatic heterocycles. The van der Waals surface area contributed by atoms with Gasteiger partial charge in [-0.15, -0.1) is 5.10 Å². The van der Waals surface area contributed by atoms with E-state index in [1.54, 1.807) is 4.68 Å². The van der Waals surface area contributed by atoms with Crippen LogP contribution in [0.2, 0.25) is 0 Å². The Morgan fingerprint density at radius 2 is 1.81 bits per heavy atom. The highest BCUT2D eigenvalue weighted by molar-refractivity contribution is 7.46. The Morgan fingerprint density at radius 3 is 2.41 bits per heavy atom. The molecule has 10 heteroatoms. The first-order valence-electron chi connectivity index (χ1n) is 9.77. The van der Waals surface area contributed by atoms with E-state index < -0.39 is 26.6 Å². The Kier molecular flexibility index (Phi) is 11.3. The number of aryl methyl sites for hydroxylation is 2. The number of aromatic nitrogens is 3. The molecular formula is C17H35N4O5P. The number of aliphatic hydroxyl groups excluding tert-OH is 1. The predicted octanol–water partition coefficient (Wildman–Crippen LogP) is 2.15. The molecule has 1 aromatic rings. The average Bonchev–Trinajstić information content (AvgIpc) is 3.08. The summed E-state index contributed by atoms with van der Waals surface area (Å²) in [5, 5.41) is 17.6. The van der Waals surface area contributed by atoms with Crippen molar-refractivity contribution < 1.29 is 24.0 Å². The van der Waals surface area contributed by atoms with E-state index >= 15 is 0 Å². The smallest absolute Gasteiger partial charge is 0.394 e. The monoisotopic (exact) mass is 406 g/mol. The summed E-state index contributed by atoms with van der Waals surface area (Å²) in [5.74, 6) is 0. The molecule has 1 rings (SSSR count). The summed E-state index contributed by atoms with van der Waals surface area (Å²) in [6.45, 7) is 2.16. The van der Waals surface area contributed by atoms with E-state index in [0.717, 1.165) is 18.7 Å². The normalized spacial score (nSPS) is 14.4. The summed E-state index contributed by atoms with van der Waals surface area (Å²) < 4.78 is 17.0. The molecule has 0 saturated heterocycles. The van der Waals surface area contributed by atoms with Gasteiger partial charge in [0.15, 0.2) is 0 Å². The van der Waals surface area contributed by atoms with Gasteiger partial charge < -0.3 is 20.6 Å². The number of rotatable bonds is 16. The van der Waals surface area contributed by atoms with Gasteiger partial charge in [-0.25, -0.2) is 4.57 Å². The molecule has 27 heavy (non-hydrogen) atoms. The maximum Gasteiger partial charge on any atom is 0.469 e. The van der Waals surface area contributed by atoms with Gasteiger partial charge in [0.2, 0.25) is 0 Å². The van der Waals surface area contributed by atoms with Crippen molar-refractivity contribution in [3.8, 4) is 0 Å². The number of phosphoric ester groups is 1. The minimum atomic E-state index is -4.62. The van der Waals surface area contributed by atoms with Crippen molar-refractivity contribution >= 4 is 7.82 Å². The molecule has 158 valence electrons. The first kappa shape index (κ1) is 24.2. The molecule has 0 radical (unpaired) electrons. The van der Waals surface area contributed by atoms with Crippen LogP contribution in [0.5, 0.6) is 0 Å². The van der Waals surface area contributed by atoms with E-state index in [1.807, 2.05) is 6.20 Å². The van der Waals surface area contributed by atoms with E-state index in [0.29, 0.717) is 6.42 Å². The first-order chi connectivity index (χ1) is 12.8. The van der Waals surface area contributed by atoms with Gasteiger partial charge in [-0.1, -0.05) is 57.1 Å². The minimum absolute atomic E-state index is 0.278. The fraction of sp³-hybridized carbons (Fsp3) is 0.882. The molecule has 1 unspecified atom stereocenters. The van der Waals surface area contributed by atoms with Crippen molar-refractivity contribution in [1.29, 1.82) is 0 Å². The first-order valence-corrected chi connectivity index (χ1v) is 11.3. The average molecular weight is 406 g/mol. The van der Waals surface area contributed by atoms with Gasteiger partial charge in [-0.2, -0.15) is 0 Å². The third kappa shape index (κ3) is 11.6. The maximum atomic E-state index is 10.8. The fourth-order valence-electron chi connectivity index (χ4n) is 2.76. The van der Waals surface area contributed by atoms with Gasteiger partial charge in [0.05, 0.1) is 24.4 Å². The van der Waals surface area contributed by atoms with Crippen molar-refractivity contribution in [1.82, 2.24) is 15.0 Å². The van der Waals surface area contributed by atoms with Crippen LogP contribution in [0.1, 0.15) is 70.4 Å². The molecule has 0 aliphatic heterocycles. The summed E-state index contributed by atoms with van der Waals surface area (Å²) >= 11 is 0. The summed E-state index contributed by atoms with van der Waals surface area (Å²) in [7, 11) is -4.62. The highest BCUT2D eigenvalue weighted by atomic mass is 31.2. The van der Waals surface area contributed by atoms with E-state index in [-0.39, 0.29) is 6.42 Å². The number of phosphoric acid groups is 1. The van der Waals surface area contributed by atoms with Crippen LogP contribution in [-0.4, -0.2) is 48.6 Å². The highest BCUT2D eigenvalue weighted by Gasteiger charge is 2.28. The summed E-state index contributed by atoms with van der Waals surface area (Å²) in [6, 6.07) is 0. The highest BCUT2D eigenvalue weighted by Crippen LogP contribution is 2.36. The fourth-order valence-corrected chi connectivity index (χ4v) is 3.18.